The number of anilines is 15. The van der Waals surface area contributed by atoms with Gasteiger partial charge in [-0.3, -0.25) is 9.44 Å². The van der Waals surface area contributed by atoms with E-state index in [4.69, 9.17) is 0 Å². The number of sulfonamides is 2. The summed E-state index contributed by atoms with van der Waals surface area (Å²) in [6.07, 6.45) is 0. The molecule has 0 aromatic heterocycles. The molecule has 0 bridgehead atoms. The summed E-state index contributed by atoms with van der Waals surface area (Å²) in [4.78, 5) is 8.80. The molecule has 0 heterocycles. The molecule has 0 aliphatic heterocycles. The lowest BCUT2D eigenvalue weighted by Gasteiger charge is -2.30. The van der Waals surface area contributed by atoms with Crippen molar-refractivity contribution in [2.45, 2.75) is 76.6 Å². The van der Waals surface area contributed by atoms with E-state index in [1.54, 1.807) is 77.8 Å². The maximum absolute atomic E-state index is 13.1. The van der Waals surface area contributed by atoms with Crippen LogP contribution in [0.3, 0.4) is 0 Å². The number of rotatable bonds is 18. The van der Waals surface area contributed by atoms with Crippen LogP contribution in [-0.2, 0) is 20.0 Å². The van der Waals surface area contributed by atoms with Crippen molar-refractivity contribution >= 4 is 117 Å². The Morgan fingerprint density at radius 1 is 0.287 bits per heavy atom. The van der Waals surface area contributed by atoms with E-state index in [9.17, 15) is 16.8 Å². The van der Waals surface area contributed by atoms with Gasteiger partial charge in [0, 0.05) is 90.1 Å². The van der Waals surface area contributed by atoms with Gasteiger partial charge >= 0.3 is 0 Å². The third kappa shape index (κ3) is 13.3. The highest BCUT2D eigenvalue weighted by atomic mass is 32.2. The van der Waals surface area contributed by atoms with Gasteiger partial charge in [-0.2, -0.15) is 0 Å². The molecule has 410 valence electrons. The molecule has 0 fully saturated rings. The summed E-state index contributed by atoms with van der Waals surface area (Å²) in [5.41, 5.74) is 13.1. The summed E-state index contributed by atoms with van der Waals surface area (Å²) in [7, 11) is -7.25. The minimum Gasteiger partial charge on any atom is -0.329 e. The van der Waals surface area contributed by atoms with Crippen molar-refractivity contribution in [2.75, 3.05) is 33.8 Å². The molecule has 0 radical (unpaired) electrons. The van der Waals surface area contributed by atoms with Gasteiger partial charge < -0.3 is 24.3 Å². The average molecular weight is 1120 g/mol. The van der Waals surface area contributed by atoms with Crippen LogP contribution >= 0.6 is 11.9 Å². The van der Waals surface area contributed by atoms with Crippen LogP contribution in [0.2, 0.25) is 0 Å². The van der Waals surface area contributed by atoms with Crippen LogP contribution in [0.1, 0.15) is 62.3 Å². The van der Waals surface area contributed by atoms with Crippen LogP contribution in [0.25, 0.3) is 0 Å². The van der Waals surface area contributed by atoms with E-state index >= 15 is 0 Å². The van der Waals surface area contributed by atoms with Gasteiger partial charge in [-0.15, -0.1) is 0 Å². The zero-order valence-corrected chi connectivity index (χ0v) is 49.1. The van der Waals surface area contributed by atoms with Crippen molar-refractivity contribution in [3.8, 4) is 0 Å². The van der Waals surface area contributed by atoms with Gasteiger partial charge in [-0.25, -0.2) is 16.8 Å². The van der Waals surface area contributed by atoms with E-state index < -0.39 is 29.5 Å². The summed E-state index contributed by atoms with van der Waals surface area (Å²) in [5.74, 6) is 0. The minimum atomic E-state index is -3.63. The van der Waals surface area contributed by atoms with Crippen LogP contribution in [0.15, 0.2) is 237 Å². The van der Waals surface area contributed by atoms with Gasteiger partial charge in [0.1, 0.15) is 0 Å². The van der Waals surface area contributed by atoms with Crippen molar-refractivity contribution in [1.82, 2.24) is 0 Å². The fourth-order valence-electron chi connectivity index (χ4n) is 8.67. The largest absolute Gasteiger partial charge is 0.329 e. The maximum atomic E-state index is 13.1. The van der Waals surface area contributed by atoms with E-state index in [0.717, 1.165) is 73.9 Å². The predicted molar refractivity (Wildman–Crippen MR) is 341 cm³/mol. The highest BCUT2D eigenvalue weighted by Gasteiger charge is 2.30. The molecule has 0 unspecified atom stereocenters. The number of benzene rings is 9. The Hall–Kier alpha value is -8.17. The first-order chi connectivity index (χ1) is 38.0. The molecule has 14 heteroatoms. The summed E-state index contributed by atoms with van der Waals surface area (Å²) < 4.78 is 59.4. The van der Waals surface area contributed by atoms with Crippen LogP contribution in [0.4, 0.5) is 85.3 Å². The first-order valence-corrected chi connectivity index (χ1v) is 30.3. The molecule has 0 atom stereocenters. The topological polar surface area (TPSA) is 117 Å². The highest BCUT2D eigenvalue weighted by molar-refractivity contribution is 8.01. The summed E-state index contributed by atoms with van der Waals surface area (Å²) in [6.45, 7) is 16.6. The second-order valence-electron chi connectivity index (χ2n) is 22.3. The summed E-state index contributed by atoms with van der Waals surface area (Å²) in [6, 6.07) is 79.5. The minimum absolute atomic E-state index is 0.0237. The monoisotopic (exact) mass is 1120 g/mol. The Morgan fingerprint density at radius 2 is 0.525 bits per heavy atom. The lowest BCUT2D eigenvalue weighted by molar-refractivity contribution is 0.565. The Morgan fingerprint density at radius 3 is 0.787 bits per heavy atom. The molecule has 0 saturated carbocycles. The molecule has 9 aromatic carbocycles. The van der Waals surface area contributed by atoms with E-state index in [-0.39, 0.29) is 4.75 Å². The van der Waals surface area contributed by atoms with Crippen molar-refractivity contribution in [3.05, 3.63) is 237 Å². The first-order valence-electron chi connectivity index (χ1n) is 26.5. The molecule has 9 aromatic rings. The summed E-state index contributed by atoms with van der Waals surface area (Å²) >= 11 is 1.68. The lowest BCUT2D eigenvalue weighted by atomic mass is 10.1. The molecule has 3 N–H and O–H groups in total. The number of para-hydroxylation sites is 3. The molecule has 0 saturated heterocycles. The lowest BCUT2D eigenvalue weighted by Crippen LogP contribution is -2.33. The molecule has 0 aliphatic carbocycles. The zero-order chi connectivity index (χ0) is 56.9. The third-order valence-corrected chi connectivity index (χ3v) is 18.3. The van der Waals surface area contributed by atoms with Gasteiger partial charge in [0.05, 0.1) is 9.49 Å². The standard InChI is InChI=1S/C66H69N7O4S3/c1-64(2,3)78-67-51-20-19-27-63(48-51)73(54-25-17-12-18-26-54)62-46-44-61(45-47-62)72(59-40-36-57(37-41-59)70(52-21-13-10-14-22-52)55-32-28-49(29-33-55)68-79(74,75)65(4,5)6)60-42-38-58(39-43-60)71(53-23-15-11-16-24-53)56-34-30-50(31-35-56)69-80(76,77)66(7,8)9/h10-48,67-69H,1-9H3. The molecule has 0 amide bonds. The SMILES string of the molecule is CC(C)(C)SNc1cccc(N(c2ccccc2)c2ccc(N(c3ccc(N(c4ccccc4)c4ccc(NS(=O)(=O)C(C)(C)C)cc4)cc3)c3ccc(N(c4ccccc4)c4ccc(NS(=O)(=O)C(C)(C)C)cc4)cc3)cc2)c1. The first kappa shape index (κ1) is 56.5. The van der Waals surface area contributed by atoms with E-state index in [1.165, 1.54) is 0 Å². The van der Waals surface area contributed by atoms with E-state index in [0.29, 0.717) is 11.4 Å². The summed E-state index contributed by atoms with van der Waals surface area (Å²) in [5, 5.41) is 0. The zero-order valence-electron chi connectivity index (χ0n) is 46.7. The number of hydrogen-bond donors (Lipinski definition) is 3. The van der Waals surface area contributed by atoms with Crippen LogP contribution in [-0.4, -0.2) is 31.1 Å². The smallest absolute Gasteiger partial charge is 0.237 e. The van der Waals surface area contributed by atoms with Crippen molar-refractivity contribution < 1.29 is 16.8 Å². The van der Waals surface area contributed by atoms with Crippen molar-refractivity contribution in [2.24, 2.45) is 0 Å². The van der Waals surface area contributed by atoms with Gasteiger partial charge in [-0.05, 0) is 250 Å². The fourth-order valence-corrected chi connectivity index (χ4v) is 10.7. The average Bonchev–Trinajstić information content (AvgIpc) is 3.49. The van der Waals surface area contributed by atoms with Crippen LogP contribution < -0.4 is 33.8 Å². The Bertz CT molecular complexity index is 3550. The molecule has 11 nitrogen and oxygen atoms in total. The van der Waals surface area contributed by atoms with Crippen LogP contribution in [0.5, 0.6) is 0 Å². The molecular formula is C66H69N7O4S3. The Kier molecular flexibility index (Phi) is 16.4. The molecule has 0 spiro atoms. The van der Waals surface area contributed by atoms with Gasteiger partial charge in [0.15, 0.2) is 0 Å². The van der Waals surface area contributed by atoms with E-state index in [1.807, 2.05) is 66.7 Å². The highest BCUT2D eigenvalue weighted by Crippen LogP contribution is 2.44. The molecule has 9 rings (SSSR count). The molecule has 0 aliphatic rings. The second-order valence-corrected chi connectivity index (χ2v) is 28.8. The number of nitrogens with one attached hydrogen (secondary N) is 3. The van der Waals surface area contributed by atoms with Gasteiger partial charge in [-0.1, -0.05) is 60.7 Å². The maximum Gasteiger partial charge on any atom is 0.237 e. The number of nitrogens with zero attached hydrogens (tertiary/aromatic N) is 4. The van der Waals surface area contributed by atoms with Crippen molar-refractivity contribution in [1.29, 1.82) is 0 Å². The van der Waals surface area contributed by atoms with E-state index in [2.05, 4.69) is 200 Å². The normalized spacial score (nSPS) is 12.1. The number of hydrogen-bond acceptors (Lipinski definition) is 10. The molecule has 80 heavy (non-hydrogen) atoms. The van der Waals surface area contributed by atoms with Gasteiger partial charge in [0.25, 0.3) is 0 Å². The Balaban J connectivity index is 1.11. The predicted octanol–water partition coefficient (Wildman–Crippen LogP) is 18.5. The van der Waals surface area contributed by atoms with Crippen molar-refractivity contribution in [3.63, 3.8) is 0 Å². The van der Waals surface area contributed by atoms with Crippen LogP contribution in [0, 0.1) is 0 Å². The molecular weight excluding hydrogens is 1050 g/mol. The second kappa shape index (κ2) is 23.3. The van der Waals surface area contributed by atoms with Gasteiger partial charge in [0.2, 0.25) is 20.0 Å². The fraction of sp³-hybridized carbons (Fsp3) is 0.182. The third-order valence-electron chi connectivity index (χ3n) is 13.1. The Labute approximate surface area is 478 Å². The quantitative estimate of drug-likeness (QED) is 0.0717.